The number of nitrogens with one attached hydrogen (secondary N) is 2. The SMILES string of the molecule is Cc1ccc([N+](=O)[O-])cc1NC(=O)CSc1nnc(CCNC(=O)c2ccc(Cl)cc2)n1C. The standard InChI is InChI=1S/C21H21ClN6O4S/c1-13-3-8-16(28(31)32)11-17(13)24-19(29)12-33-21-26-25-18(27(21)2)9-10-23-20(30)14-4-6-15(22)7-5-14/h3-8,11H,9-10,12H2,1-2H3,(H,23,30)(H,24,29). The highest BCUT2D eigenvalue weighted by Gasteiger charge is 2.14. The lowest BCUT2D eigenvalue weighted by Crippen LogP contribution is -2.26. The topological polar surface area (TPSA) is 132 Å². The molecule has 0 aliphatic rings. The van der Waals surface area contributed by atoms with Crippen LogP contribution in [0.15, 0.2) is 47.6 Å². The number of non-ortho nitro benzene ring substituents is 1. The first-order valence-electron chi connectivity index (χ1n) is 9.84. The highest BCUT2D eigenvalue weighted by molar-refractivity contribution is 7.99. The van der Waals surface area contributed by atoms with E-state index >= 15 is 0 Å². The Morgan fingerprint density at radius 2 is 1.91 bits per heavy atom. The fourth-order valence-corrected chi connectivity index (χ4v) is 3.71. The molecule has 2 N–H and O–H groups in total. The predicted molar refractivity (Wildman–Crippen MR) is 126 cm³/mol. The van der Waals surface area contributed by atoms with E-state index in [1.54, 1.807) is 48.9 Å². The van der Waals surface area contributed by atoms with Gasteiger partial charge in [-0.25, -0.2) is 0 Å². The summed E-state index contributed by atoms with van der Waals surface area (Å²) in [6.45, 7) is 2.12. The normalized spacial score (nSPS) is 10.6. The van der Waals surface area contributed by atoms with Gasteiger partial charge in [-0.05, 0) is 36.8 Å². The zero-order valence-electron chi connectivity index (χ0n) is 17.9. The lowest BCUT2D eigenvalue weighted by Gasteiger charge is -2.08. The van der Waals surface area contributed by atoms with Crippen LogP contribution in [0.4, 0.5) is 11.4 Å². The number of nitrogens with zero attached hydrogens (tertiary/aromatic N) is 4. The van der Waals surface area contributed by atoms with Crippen molar-refractivity contribution in [2.75, 3.05) is 17.6 Å². The number of halogens is 1. The number of thioether (sulfide) groups is 1. The molecule has 0 bridgehead atoms. The average molecular weight is 489 g/mol. The number of nitro benzene ring substituents is 1. The smallest absolute Gasteiger partial charge is 0.271 e. The third kappa shape index (κ3) is 6.53. The summed E-state index contributed by atoms with van der Waals surface area (Å²) in [4.78, 5) is 34.9. The summed E-state index contributed by atoms with van der Waals surface area (Å²) in [7, 11) is 1.78. The lowest BCUT2D eigenvalue weighted by atomic mass is 10.2. The van der Waals surface area contributed by atoms with Gasteiger partial charge >= 0.3 is 0 Å². The van der Waals surface area contributed by atoms with Gasteiger partial charge in [-0.15, -0.1) is 10.2 Å². The van der Waals surface area contributed by atoms with Crippen molar-refractivity contribution < 1.29 is 14.5 Å². The number of aryl methyl sites for hydroxylation is 1. The summed E-state index contributed by atoms with van der Waals surface area (Å²) < 4.78 is 1.75. The van der Waals surface area contributed by atoms with Crippen LogP contribution in [0, 0.1) is 17.0 Å². The van der Waals surface area contributed by atoms with E-state index in [9.17, 15) is 19.7 Å². The van der Waals surface area contributed by atoms with E-state index < -0.39 is 4.92 Å². The van der Waals surface area contributed by atoms with Crippen molar-refractivity contribution in [3.8, 4) is 0 Å². The highest BCUT2D eigenvalue weighted by Crippen LogP contribution is 2.23. The molecular weight excluding hydrogens is 468 g/mol. The lowest BCUT2D eigenvalue weighted by molar-refractivity contribution is -0.384. The van der Waals surface area contributed by atoms with Crippen LogP contribution < -0.4 is 10.6 Å². The third-order valence-electron chi connectivity index (χ3n) is 4.70. The monoisotopic (exact) mass is 488 g/mol. The molecule has 0 radical (unpaired) electrons. The van der Waals surface area contributed by atoms with Gasteiger partial charge in [0.25, 0.3) is 11.6 Å². The Morgan fingerprint density at radius 1 is 1.18 bits per heavy atom. The largest absolute Gasteiger partial charge is 0.352 e. The van der Waals surface area contributed by atoms with Crippen LogP contribution >= 0.6 is 23.4 Å². The van der Waals surface area contributed by atoms with E-state index in [0.717, 1.165) is 5.56 Å². The zero-order chi connectivity index (χ0) is 24.0. The second kappa shape index (κ2) is 10.9. The van der Waals surface area contributed by atoms with E-state index in [0.29, 0.717) is 40.2 Å². The van der Waals surface area contributed by atoms with Crippen molar-refractivity contribution in [1.82, 2.24) is 20.1 Å². The van der Waals surface area contributed by atoms with Gasteiger partial charge < -0.3 is 15.2 Å². The Bertz CT molecular complexity index is 1180. The molecule has 0 atom stereocenters. The predicted octanol–water partition coefficient (Wildman–Crippen LogP) is 3.39. The van der Waals surface area contributed by atoms with Gasteiger partial charge in [0.1, 0.15) is 5.82 Å². The molecule has 12 heteroatoms. The van der Waals surface area contributed by atoms with Crippen molar-refractivity contribution in [3.05, 3.63) is 74.6 Å². The minimum Gasteiger partial charge on any atom is -0.352 e. The number of nitro groups is 1. The van der Waals surface area contributed by atoms with Gasteiger partial charge in [0.2, 0.25) is 5.91 Å². The van der Waals surface area contributed by atoms with Gasteiger partial charge in [-0.3, -0.25) is 19.7 Å². The average Bonchev–Trinajstić information content (AvgIpc) is 3.13. The van der Waals surface area contributed by atoms with Crippen molar-refractivity contribution in [1.29, 1.82) is 0 Å². The molecule has 1 aromatic heterocycles. The molecule has 2 aromatic carbocycles. The zero-order valence-corrected chi connectivity index (χ0v) is 19.4. The van der Waals surface area contributed by atoms with Crippen LogP contribution in [0.1, 0.15) is 21.7 Å². The Labute approximate surface area is 198 Å². The molecule has 3 rings (SSSR count). The molecule has 2 amide bonds. The van der Waals surface area contributed by atoms with Gasteiger partial charge in [0, 0.05) is 42.7 Å². The number of benzene rings is 2. The quantitative estimate of drug-likeness (QED) is 0.268. The van der Waals surface area contributed by atoms with Gasteiger partial charge in [-0.1, -0.05) is 29.4 Å². The number of carbonyl (C=O) groups excluding carboxylic acids is 2. The molecule has 0 fully saturated rings. The van der Waals surface area contributed by atoms with E-state index in [4.69, 9.17) is 11.6 Å². The first kappa shape index (κ1) is 24.2. The van der Waals surface area contributed by atoms with Crippen LogP contribution in [0.3, 0.4) is 0 Å². The second-order valence-corrected chi connectivity index (χ2v) is 8.44. The van der Waals surface area contributed by atoms with Crippen molar-refractivity contribution in [2.45, 2.75) is 18.5 Å². The summed E-state index contributed by atoms with van der Waals surface area (Å²) in [5.74, 6) is 0.185. The fourth-order valence-electron chi connectivity index (χ4n) is 2.85. The van der Waals surface area contributed by atoms with Crippen molar-refractivity contribution >= 4 is 46.6 Å². The Hall–Kier alpha value is -3.44. The number of hydrogen-bond acceptors (Lipinski definition) is 7. The third-order valence-corrected chi connectivity index (χ3v) is 5.98. The van der Waals surface area contributed by atoms with Crippen LogP contribution in [-0.2, 0) is 18.3 Å². The summed E-state index contributed by atoms with van der Waals surface area (Å²) in [5, 5.41) is 25.8. The van der Waals surface area contributed by atoms with E-state index in [2.05, 4.69) is 20.8 Å². The summed E-state index contributed by atoms with van der Waals surface area (Å²) in [6.07, 6.45) is 0.461. The van der Waals surface area contributed by atoms with Gasteiger partial charge in [0.05, 0.1) is 16.4 Å². The molecule has 172 valence electrons. The molecule has 0 aliphatic heterocycles. The number of carbonyl (C=O) groups is 2. The molecule has 0 saturated heterocycles. The van der Waals surface area contributed by atoms with E-state index in [1.165, 1.54) is 23.9 Å². The second-order valence-electron chi connectivity index (χ2n) is 7.06. The molecular formula is C21H21ClN6O4S. The number of aromatic nitrogens is 3. The number of rotatable bonds is 9. The molecule has 0 spiro atoms. The summed E-state index contributed by atoms with van der Waals surface area (Å²) >= 11 is 7.02. The van der Waals surface area contributed by atoms with Crippen LogP contribution in [0.5, 0.6) is 0 Å². The number of anilines is 1. The molecule has 3 aromatic rings. The summed E-state index contributed by atoms with van der Waals surface area (Å²) in [5.41, 5.74) is 1.54. The first-order chi connectivity index (χ1) is 15.7. The summed E-state index contributed by atoms with van der Waals surface area (Å²) in [6, 6.07) is 10.9. The highest BCUT2D eigenvalue weighted by atomic mass is 35.5. The van der Waals surface area contributed by atoms with Crippen LogP contribution in [0.2, 0.25) is 5.02 Å². The molecule has 0 aliphatic carbocycles. The first-order valence-corrected chi connectivity index (χ1v) is 11.2. The Kier molecular flexibility index (Phi) is 8.01. The Balaban J connectivity index is 1.50. The number of hydrogen-bond donors (Lipinski definition) is 2. The maximum atomic E-state index is 12.3. The fraction of sp³-hybridized carbons (Fsp3) is 0.238. The molecule has 0 unspecified atom stereocenters. The maximum Gasteiger partial charge on any atom is 0.271 e. The minimum atomic E-state index is -0.511. The minimum absolute atomic E-state index is 0.0570. The molecule has 1 heterocycles. The number of amides is 2. The van der Waals surface area contributed by atoms with Crippen LogP contribution in [-0.4, -0.2) is 43.8 Å². The molecule has 33 heavy (non-hydrogen) atoms. The van der Waals surface area contributed by atoms with Crippen molar-refractivity contribution in [3.63, 3.8) is 0 Å². The maximum absolute atomic E-state index is 12.3. The van der Waals surface area contributed by atoms with E-state index in [-0.39, 0.29) is 23.3 Å². The van der Waals surface area contributed by atoms with Gasteiger partial charge in [0.15, 0.2) is 5.16 Å². The van der Waals surface area contributed by atoms with E-state index in [1.807, 2.05) is 0 Å². The van der Waals surface area contributed by atoms with Crippen LogP contribution in [0.25, 0.3) is 0 Å². The Morgan fingerprint density at radius 3 is 2.61 bits per heavy atom. The molecule has 10 nitrogen and oxygen atoms in total. The van der Waals surface area contributed by atoms with Gasteiger partial charge in [-0.2, -0.15) is 0 Å². The van der Waals surface area contributed by atoms with Crippen molar-refractivity contribution in [2.24, 2.45) is 7.05 Å². The molecule has 0 saturated carbocycles.